The van der Waals surface area contributed by atoms with Crippen molar-refractivity contribution in [2.24, 2.45) is 11.8 Å². The number of nitrogens with one attached hydrogen (secondary N) is 2. The lowest BCUT2D eigenvalue weighted by Gasteiger charge is -2.23. The number of hydrogen-bond donors (Lipinski definition) is 3. The predicted octanol–water partition coefficient (Wildman–Crippen LogP) is 0.375. The Morgan fingerprint density at radius 1 is 1.26 bits per heavy atom. The summed E-state index contributed by atoms with van der Waals surface area (Å²) in [5.41, 5.74) is -0.373. The maximum absolute atomic E-state index is 12.0. The van der Waals surface area contributed by atoms with Gasteiger partial charge in [0.15, 0.2) is 5.82 Å². The molecule has 0 saturated heterocycles. The Morgan fingerprint density at radius 3 is 2.53 bits per heavy atom. The molecule has 100 valence electrons. The molecule has 2 atom stereocenters. The van der Waals surface area contributed by atoms with E-state index in [1.54, 1.807) is 12.2 Å². The second-order valence-electron chi connectivity index (χ2n) is 4.29. The van der Waals surface area contributed by atoms with Gasteiger partial charge in [-0.2, -0.15) is 5.10 Å². The second-order valence-corrected chi connectivity index (χ2v) is 4.29. The number of carboxylic acid groups (broad SMARTS) is 1. The Bertz CT molecular complexity index is 558. The highest BCUT2D eigenvalue weighted by Crippen LogP contribution is 2.26. The van der Waals surface area contributed by atoms with Crippen LogP contribution in [0.25, 0.3) is 0 Å². The number of amides is 1. The van der Waals surface area contributed by atoms with Gasteiger partial charge in [-0.15, -0.1) is 0 Å². The van der Waals surface area contributed by atoms with E-state index in [1.807, 2.05) is 0 Å². The molecule has 0 saturated carbocycles. The van der Waals surface area contributed by atoms with Gasteiger partial charge in [0.05, 0.1) is 11.8 Å². The van der Waals surface area contributed by atoms with Gasteiger partial charge < -0.3 is 10.4 Å². The summed E-state index contributed by atoms with van der Waals surface area (Å²) >= 11 is 0. The zero-order chi connectivity index (χ0) is 13.8. The number of rotatable bonds is 3. The summed E-state index contributed by atoms with van der Waals surface area (Å²) in [6.07, 6.45) is 4.28. The summed E-state index contributed by atoms with van der Waals surface area (Å²) < 4.78 is 0. The van der Waals surface area contributed by atoms with E-state index in [1.165, 1.54) is 12.1 Å². The fourth-order valence-corrected chi connectivity index (χ4v) is 2.01. The van der Waals surface area contributed by atoms with Crippen molar-refractivity contribution < 1.29 is 14.7 Å². The monoisotopic (exact) mass is 263 g/mol. The highest BCUT2D eigenvalue weighted by molar-refractivity contribution is 5.94. The number of H-pyrrole nitrogens is 1. The van der Waals surface area contributed by atoms with Gasteiger partial charge >= 0.3 is 5.97 Å². The van der Waals surface area contributed by atoms with Crippen LogP contribution in [0.4, 0.5) is 5.82 Å². The lowest BCUT2D eigenvalue weighted by molar-refractivity contribution is -0.146. The summed E-state index contributed by atoms with van der Waals surface area (Å²) in [5.74, 6) is -2.55. The normalized spacial score (nSPS) is 21.9. The zero-order valence-electron chi connectivity index (χ0n) is 10.00. The topological polar surface area (TPSA) is 112 Å². The van der Waals surface area contributed by atoms with E-state index >= 15 is 0 Å². The van der Waals surface area contributed by atoms with Crippen molar-refractivity contribution in [1.82, 2.24) is 10.2 Å². The van der Waals surface area contributed by atoms with E-state index in [2.05, 4.69) is 15.5 Å². The molecule has 19 heavy (non-hydrogen) atoms. The number of nitrogens with zero attached hydrogens (tertiary/aromatic N) is 1. The molecule has 2 rings (SSSR count). The number of hydrogen-bond acceptors (Lipinski definition) is 4. The highest BCUT2D eigenvalue weighted by Gasteiger charge is 2.34. The van der Waals surface area contributed by atoms with Gasteiger partial charge in [-0.25, -0.2) is 5.10 Å². The fraction of sp³-hybridized carbons (Fsp3) is 0.333. The minimum Gasteiger partial charge on any atom is -0.481 e. The van der Waals surface area contributed by atoms with Crippen LogP contribution in [0.2, 0.25) is 0 Å². The molecule has 0 fully saturated rings. The number of anilines is 1. The van der Waals surface area contributed by atoms with Gasteiger partial charge in [0.25, 0.3) is 5.56 Å². The summed E-state index contributed by atoms with van der Waals surface area (Å²) in [6.45, 7) is 0. The van der Waals surface area contributed by atoms with Crippen molar-refractivity contribution in [2.75, 3.05) is 5.32 Å². The Morgan fingerprint density at radius 2 is 1.95 bits per heavy atom. The van der Waals surface area contributed by atoms with E-state index in [0.717, 1.165) is 0 Å². The number of carbonyl (C=O) groups excluding carboxylic acids is 1. The molecular formula is C12H13N3O4. The first kappa shape index (κ1) is 13.0. The molecule has 1 aromatic rings. The fourth-order valence-electron chi connectivity index (χ4n) is 2.01. The minimum absolute atomic E-state index is 0.197. The van der Waals surface area contributed by atoms with Crippen LogP contribution in [0.15, 0.2) is 29.1 Å². The average molecular weight is 263 g/mol. The number of carbonyl (C=O) groups is 2. The zero-order valence-corrected chi connectivity index (χ0v) is 10.00. The quantitative estimate of drug-likeness (QED) is 0.682. The van der Waals surface area contributed by atoms with Gasteiger partial charge in [-0.3, -0.25) is 14.4 Å². The van der Waals surface area contributed by atoms with E-state index in [-0.39, 0.29) is 11.4 Å². The first-order chi connectivity index (χ1) is 9.08. The summed E-state index contributed by atoms with van der Waals surface area (Å²) in [7, 11) is 0. The largest absolute Gasteiger partial charge is 0.481 e. The molecule has 2 unspecified atom stereocenters. The summed E-state index contributed by atoms with van der Waals surface area (Å²) in [4.78, 5) is 33.9. The van der Waals surface area contributed by atoms with Crippen LogP contribution in [-0.4, -0.2) is 27.2 Å². The van der Waals surface area contributed by atoms with Crippen molar-refractivity contribution in [3.05, 3.63) is 34.6 Å². The van der Waals surface area contributed by atoms with E-state index < -0.39 is 23.7 Å². The molecule has 0 aromatic carbocycles. The lowest BCUT2D eigenvalue weighted by atomic mass is 9.82. The Labute approximate surface area is 108 Å². The maximum Gasteiger partial charge on any atom is 0.307 e. The molecular weight excluding hydrogens is 250 g/mol. The third-order valence-corrected chi connectivity index (χ3v) is 3.02. The van der Waals surface area contributed by atoms with Gasteiger partial charge in [-0.05, 0) is 18.9 Å². The second kappa shape index (κ2) is 5.47. The van der Waals surface area contributed by atoms with Crippen LogP contribution >= 0.6 is 0 Å². The molecule has 7 nitrogen and oxygen atoms in total. The smallest absolute Gasteiger partial charge is 0.307 e. The molecule has 1 aliphatic carbocycles. The molecule has 7 heteroatoms. The maximum atomic E-state index is 12.0. The van der Waals surface area contributed by atoms with Crippen LogP contribution in [-0.2, 0) is 9.59 Å². The van der Waals surface area contributed by atoms with Gasteiger partial charge in [0.1, 0.15) is 0 Å². The average Bonchev–Trinajstić information content (AvgIpc) is 2.41. The van der Waals surface area contributed by atoms with Crippen molar-refractivity contribution in [2.45, 2.75) is 12.8 Å². The highest BCUT2D eigenvalue weighted by atomic mass is 16.4. The lowest BCUT2D eigenvalue weighted by Crippen LogP contribution is -2.35. The Balaban J connectivity index is 2.10. The molecule has 3 N–H and O–H groups in total. The van der Waals surface area contributed by atoms with Crippen molar-refractivity contribution >= 4 is 17.7 Å². The van der Waals surface area contributed by atoms with Crippen LogP contribution in [0.5, 0.6) is 0 Å². The summed E-state index contributed by atoms with van der Waals surface area (Å²) in [5, 5.41) is 17.4. The number of allylic oxidation sites excluding steroid dienone is 2. The number of carboxylic acids is 1. The number of aromatic nitrogens is 2. The Kier molecular flexibility index (Phi) is 3.74. The number of aromatic amines is 1. The van der Waals surface area contributed by atoms with Crippen molar-refractivity contribution in [3.63, 3.8) is 0 Å². The van der Waals surface area contributed by atoms with Crippen molar-refractivity contribution in [3.8, 4) is 0 Å². The van der Waals surface area contributed by atoms with E-state index in [0.29, 0.717) is 12.8 Å². The van der Waals surface area contributed by atoms with E-state index in [9.17, 15) is 14.4 Å². The summed E-state index contributed by atoms with van der Waals surface area (Å²) in [6, 6.07) is 2.60. The SMILES string of the molecule is O=C(O)C1CC=CCC1C(=O)Nc1ccc(=O)[nH]n1. The van der Waals surface area contributed by atoms with Gasteiger partial charge in [0.2, 0.25) is 5.91 Å². The van der Waals surface area contributed by atoms with Crippen LogP contribution in [0.1, 0.15) is 12.8 Å². The van der Waals surface area contributed by atoms with Crippen LogP contribution in [0.3, 0.4) is 0 Å². The first-order valence-electron chi connectivity index (χ1n) is 5.82. The first-order valence-corrected chi connectivity index (χ1v) is 5.82. The standard InChI is InChI=1S/C12H13N3O4/c16-10-6-5-9(14-15-10)13-11(17)7-3-1-2-4-8(7)12(18)19/h1-2,5-8H,3-4H2,(H,15,16)(H,18,19)(H,13,14,17). The molecule has 1 amide bonds. The third kappa shape index (κ3) is 3.06. The van der Waals surface area contributed by atoms with Gasteiger partial charge in [-0.1, -0.05) is 12.2 Å². The minimum atomic E-state index is -0.987. The molecule has 0 spiro atoms. The molecule has 0 bridgehead atoms. The number of aliphatic carboxylic acids is 1. The van der Waals surface area contributed by atoms with Crippen LogP contribution in [0, 0.1) is 11.8 Å². The third-order valence-electron chi connectivity index (χ3n) is 3.02. The molecule has 1 aliphatic rings. The van der Waals surface area contributed by atoms with Gasteiger partial charge in [0, 0.05) is 6.07 Å². The van der Waals surface area contributed by atoms with E-state index in [4.69, 9.17) is 5.11 Å². The predicted molar refractivity (Wildman–Crippen MR) is 66.5 cm³/mol. The van der Waals surface area contributed by atoms with Crippen molar-refractivity contribution in [1.29, 1.82) is 0 Å². The molecule has 0 aliphatic heterocycles. The molecule has 0 radical (unpaired) electrons. The van der Waals surface area contributed by atoms with Crippen LogP contribution < -0.4 is 10.9 Å². The molecule has 1 aromatic heterocycles. The Hall–Kier alpha value is -2.44. The molecule has 1 heterocycles.